The lowest BCUT2D eigenvalue weighted by Crippen LogP contribution is -2.02. The van der Waals surface area contributed by atoms with E-state index in [2.05, 4.69) is 31.3 Å². The third kappa shape index (κ3) is 3.25. The average Bonchev–Trinajstić information content (AvgIpc) is 3.15. The SMILES string of the molecule is COC(=O)c1cn(Cc2nnc(-c3cc(C)cc(C)c3)o2)nn1. The maximum absolute atomic E-state index is 11.3. The van der Waals surface area contributed by atoms with Gasteiger partial charge >= 0.3 is 5.97 Å². The summed E-state index contributed by atoms with van der Waals surface area (Å²) in [4.78, 5) is 11.3. The number of aromatic nitrogens is 5. The van der Waals surface area contributed by atoms with Crippen LogP contribution in [-0.4, -0.2) is 38.3 Å². The number of benzene rings is 1. The Balaban J connectivity index is 1.79. The molecule has 8 heteroatoms. The largest absolute Gasteiger partial charge is 0.464 e. The molecule has 0 bridgehead atoms. The van der Waals surface area contributed by atoms with E-state index in [4.69, 9.17) is 4.42 Å². The topological polar surface area (TPSA) is 95.9 Å². The Morgan fingerprint density at radius 1 is 1.17 bits per heavy atom. The van der Waals surface area contributed by atoms with Crippen LogP contribution in [0, 0.1) is 13.8 Å². The van der Waals surface area contributed by atoms with Crippen molar-refractivity contribution in [1.82, 2.24) is 25.2 Å². The van der Waals surface area contributed by atoms with Crippen LogP contribution in [-0.2, 0) is 11.3 Å². The van der Waals surface area contributed by atoms with E-state index in [1.54, 1.807) is 0 Å². The van der Waals surface area contributed by atoms with Crippen molar-refractivity contribution >= 4 is 5.97 Å². The average molecular weight is 313 g/mol. The first-order valence-electron chi connectivity index (χ1n) is 6.94. The first kappa shape index (κ1) is 14.9. The first-order chi connectivity index (χ1) is 11.0. The molecule has 2 heterocycles. The van der Waals surface area contributed by atoms with Gasteiger partial charge in [0.1, 0.15) is 6.54 Å². The van der Waals surface area contributed by atoms with Crippen molar-refractivity contribution in [2.45, 2.75) is 20.4 Å². The minimum Gasteiger partial charge on any atom is -0.464 e. The smallest absolute Gasteiger partial charge is 0.360 e. The lowest BCUT2D eigenvalue weighted by Gasteiger charge is -2.00. The lowest BCUT2D eigenvalue weighted by molar-refractivity contribution is 0.0594. The van der Waals surface area contributed by atoms with E-state index in [1.807, 2.05) is 26.0 Å². The summed E-state index contributed by atoms with van der Waals surface area (Å²) in [5.74, 6) is 0.276. The zero-order valence-corrected chi connectivity index (χ0v) is 13.0. The third-order valence-electron chi connectivity index (χ3n) is 3.17. The van der Waals surface area contributed by atoms with Gasteiger partial charge in [0.2, 0.25) is 11.8 Å². The number of ether oxygens (including phenoxy) is 1. The zero-order chi connectivity index (χ0) is 16.4. The van der Waals surface area contributed by atoms with Gasteiger partial charge in [0.25, 0.3) is 0 Å². The van der Waals surface area contributed by atoms with Gasteiger partial charge in [0.05, 0.1) is 13.3 Å². The van der Waals surface area contributed by atoms with Crippen molar-refractivity contribution in [3.05, 3.63) is 47.1 Å². The van der Waals surface area contributed by atoms with Gasteiger partial charge in [-0.15, -0.1) is 15.3 Å². The second kappa shape index (κ2) is 5.99. The molecule has 0 unspecified atom stereocenters. The molecular weight excluding hydrogens is 298 g/mol. The van der Waals surface area contributed by atoms with Crippen molar-refractivity contribution in [2.75, 3.05) is 7.11 Å². The third-order valence-corrected chi connectivity index (χ3v) is 3.17. The second-order valence-electron chi connectivity index (χ2n) is 5.17. The number of methoxy groups -OCH3 is 1. The Bertz CT molecular complexity index is 832. The van der Waals surface area contributed by atoms with Crippen molar-refractivity contribution in [3.8, 4) is 11.5 Å². The van der Waals surface area contributed by atoms with Gasteiger partial charge in [-0.1, -0.05) is 22.4 Å². The fourth-order valence-corrected chi connectivity index (χ4v) is 2.24. The fraction of sp³-hybridized carbons (Fsp3) is 0.267. The van der Waals surface area contributed by atoms with Crippen LogP contribution in [0.5, 0.6) is 0 Å². The molecular formula is C15H15N5O3. The Hall–Kier alpha value is -3.03. The number of hydrogen-bond acceptors (Lipinski definition) is 7. The number of carbonyl (C=O) groups is 1. The summed E-state index contributed by atoms with van der Waals surface area (Å²) in [5, 5.41) is 15.6. The number of esters is 1. The Kier molecular flexibility index (Phi) is 3.88. The van der Waals surface area contributed by atoms with E-state index in [9.17, 15) is 4.79 Å². The normalized spacial score (nSPS) is 10.7. The molecule has 0 atom stereocenters. The molecule has 8 nitrogen and oxygen atoms in total. The molecule has 118 valence electrons. The highest BCUT2D eigenvalue weighted by Crippen LogP contribution is 2.21. The summed E-state index contributed by atoms with van der Waals surface area (Å²) in [5.41, 5.74) is 3.24. The van der Waals surface area contributed by atoms with E-state index in [1.165, 1.54) is 18.0 Å². The monoisotopic (exact) mass is 313 g/mol. The minimum absolute atomic E-state index is 0.126. The van der Waals surface area contributed by atoms with Gasteiger partial charge in [-0.05, 0) is 26.0 Å². The molecule has 23 heavy (non-hydrogen) atoms. The molecule has 0 aliphatic rings. The standard InChI is InChI=1S/C15H15N5O3/c1-9-4-10(2)6-11(5-9)14-18-17-13(23-14)8-20-7-12(16-19-20)15(21)22-3/h4-7H,8H2,1-3H3. The number of rotatable bonds is 4. The molecule has 0 aliphatic carbocycles. The van der Waals surface area contributed by atoms with Gasteiger partial charge in [-0.3, -0.25) is 0 Å². The molecule has 1 aromatic carbocycles. The summed E-state index contributed by atoms with van der Waals surface area (Å²) in [6, 6.07) is 6.04. The summed E-state index contributed by atoms with van der Waals surface area (Å²) >= 11 is 0. The number of aryl methyl sites for hydroxylation is 2. The van der Waals surface area contributed by atoms with E-state index in [0.717, 1.165) is 16.7 Å². The van der Waals surface area contributed by atoms with E-state index in [-0.39, 0.29) is 12.2 Å². The van der Waals surface area contributed by atoms with Crippen molar-refractivity contribution in [2.24, 2.45) is 0 Å². The molecule has 3 rings (SSSR count). The zero-order valence-electron chi connectivity index (χ0n) is 13.0. The molecule has 0 N–H and O–H groups in total. The van der Waals surface area contributed by atoms with Crippen LogP contribution in [0.2, 0.25) is 0 Å². The molecule has 0 saturated carbocycles. The predicted octanol–water partition coefficient (Wildman–Crippen LogP) is 1.78. The molecule has 3 aromatic rings. The molecule has 0 spiro atoms. The van der Waals surface area contributed by atoms with Crippen LogP contribution in [0.4, 0.5) is 0 Å². The van der Waals surface area contributed by atoms with Crippen LogP contribution in [0.3, 0.4) is 0 Å². The van der Waals surface area contributed by atoms with Gasteiger partial charge < -0.3 is 9.15 Å². The highest BCUT2D eigenvalue weighted by atomic mass is 16.5. The maximum atomic E-state index is 11.3. The van der Waals surface area contributed by atoms with E-state index < -0.39 is 5.97 Å². The van der Waals surface area contributed by atoms with Gasteiger partial charge in [0.15, 0.2) is 5.69 Å². The summed E-state index contributed by atoms with van der Waals surface area (Å²) < 4.78 is 11.7. The molecule has 0 fully saturated rings. The molecule has 0 aliphatic heterocycles. The van der Waals surface area contributed by atoms with Crippen LogP contribution in [0.15, 0.2) is 28.8 Å². The Morgan fingerprint density at radius 2 is 1.91 bits per heavy atom. The van der Waals surface area contributed by atoms with Crippen LogP contribution in [0.25, 0.3) is 11.5 Å². The van der Waals surface area contributed by atoms with Crippen LogP contribution < -0.4 is 0 Å². The van der Waals surface area contributed by atoms with Crippen LogP contribution in [0.1, 0.15) is 27.5 Å². The Labute approximate surface area is 132 Å². The van der Waals surface area contributed by atoms with Crippen molar-refractivity contribution in [1.29, 1.82) is 0 Å². The predicted molar refractivity (Wildman–Crippen MR) is 79.7 cm³/mol. The quantitative estimate of drug-likeness (QED) is 0.677. The van der Waals surface area contributed by atoms with E-state index in [0.29, 0.717) is 11.8 Å². The Morgan fingerprint density at radius 3 is 2.61 bits per heavy atom. The van der Waals surface area contributed by atoms with Crippen molar-refractivity contribution < 1.29 is 13.9 Å². The van der Waals surface area contributed by atoms with Crippen molar-refractivity contribution in [3.63, 3.8) is 0 Å². The summed E-state index contributed by atoms with van der Waals surface area (Å²) in [6.07, 6.45) is 1.46. The number of hydrogen-bond donors (Lipinski definition) is 0. The highest BCUT2D eigenvalue weighted by molar-refractivity contribution is 5.86. The molecule has 0 amide bonds. The number of nitrogens with zero attached hydrogens (tertiary/aromatic N) is 5. The molecule has 0 saturated heterocycles. The summed E-state index contributed by atoms with van der Waals surface area (Å²) in [6.45, 7) is 4.25. The van der Waals surface area contributed by atoms with Crippen LogP contribution >= 0.6 is 0 Å². The van der Waals surface area contributed by atoms with E-state index >= 15 is 0 Å². The molecule has 2 aromatic heterocycles. The number of carbonyl (C=O) groups excluding carboxylic acids is 1. The summed E-state index contributed by atoms with van der Waals surface area (Å²) in [7, 11) is 1.29. The van der Waals surface area contributed by atoms with Gasteiger partial charge in [-0.2, -0.15) is 0 Å². The highest BCUT2D eigenvalue weighted by Gasteiger charge is 2.14. The first-order valence-corrected chi connectivity index (χ1v) is 6.94. The molecule has 0 radical (unpaired) electrons. The minimum atomic E-state index is -0.544. The fourth-order valence-electron chi connectivity index (χ4n) is 2.24. The van der Waals surface area contributed by atoms with Gasteiger partial charge in [0, 0.05) is 5.56 Å². The maximum Gasteiger partial charge on any atom is 0.360 e. The second-order valence-corrected chi connectivity index (χ2v) is 5.17. The lowest BCUT2D eigenvalue weighted by atomic mass is 10.1. The van der Waals surface area contributed by atoms with Gasteiger partial charge in [-0.25, -0.2) is 9.48 Å².